The SMILES string of the molecule is CC(C)Cn1c(=O)n(C)c(=O)c2cc(Cc3ccc4ccccc4n3)sc21.O=C(O)C(F)(F)F. The van der Waals surface area contributed by atoms with Crippen LogP contribution in [0.4, 0.5) is 13.2 Å². The van der Waals surface area contributed by atoms with Crippen molar-refractivity contribution in [3.8, 4) is 0 Å². The molecule has 0 aliphatic heterocycles. The molecule has 0 spiro atoms. The summed E-state index contributed by atoms with van der Waals surface area (Å²) < 4.78 is 34.7. The largest absolute Gasteiger partial charge is 0.490 e. The van der Waals surface area contributed by atoms with E-state index in [9.17, 15) is 22.8 Å². The Balaban J connectivity index is 0.000000406. The molecule has 0 aliphatic rings. The summed E-state index contributed by atoms with van der Waals surface area (Å²) in [6.45, 7) is 4.73. The highest BCUT2D eigenvalue weighted by atomic mass is 32.1. The summed E-state index contributed by atoms with van der Waals surface area (Å²) in [7, 11) is 1.54. The van der Waals surface area contributed by atoms with Gasteiger partial charge in [-0.05, 0) is 24.1 Å². The number of rotatable bonds is 4. The van der Waals surface area contributed by atoms with Gasteiger partial charge in [0.25, 0.3) is 5.56 Å². The number of hydrogen-bond acceptors (Lipinski definition) is 5. The van der Waals surface area contributed by atoms with Crippen LogP contribution in [0, 0.1) is 5.92 Å². The number of thiophene rings is 1. The van der Waals surface area contributed by atoms with E-state index in [0.29, 0.717) is 24.3 Å². The Hall–Kier alpha value is -3.47. The van der Waals surface area contributed by atoms with Crippen molar-refractivity contribution in [2.75, 3.05) is 0 Å². The molecule has 0 aliphatic carbocycles. The molecule has 0 bridgehead atoms. The van der Waals surface area contributed by atoms with E-state index in [0.717, 1.165) is 26.3 Å². The number of para-hydroxylation sites is 1. The Kier molecular flexibility index (Phi) is 7.25. The van der Waals surface area contributed by atoms with E-state index in [4.69, 9.17) is 14.9 Å². The predicted octanol–water partition coefficient (Wildman–Crippen LogP) is 4.19. The highest BCUT2D eigenvalue weighted by molar-refractivity contribution is 7.18. The molecule has 0 amide bonds. The number of aliphatic carboxylic acids is 1. The normalized spacial score (nSPS) is 11.6. The number of pyridine rings is 1. The van der Waals surface area contributed by atoms with E-state index in [1.807, 2.05) is 36.4 Å². The Morgan fingerprint density at radius 2 is 1.79 bits per heavy atom. The molecule has 4 rings (SSSR count). The maximum atomic E-state index is 12.6. The first-order valence-corrected chi connectivity index (χ1v) is 11.1. The van der Waals surface area contributed by atoms with Crippen LogP contribution in [0.1, 0.15) is 24.4 Å². The topological polar surface area (TPSA) is 94.2 Å². The van der Waals surface area contributed by atoms with E-state index >= 15 is 0 Å². The standard InChI is InChI=1S/C21H21N3O2S.C2HF3O2/c1-13(2)12-24-20-17(19(25)23(3)21(24)26)11-16(27-20)10-15-9-8-14-6-4-5-7-18(14)22-15;3-2(4,5)1(6)7/h4-9,11,13H,10,12H2,1-3H3;(H,6,7). The van der Waals surface area contributed by atoms with Crippen LogP contribution < -0.4 is 11.2 Å². The smallest absolute Gasteiger partial charge is 0.475 e. The van der Waals surface area contributed by atoms with Crippen LogP contribution in [0.2, 0.25) is 0 Å². The minimum atomic E-state index is -5.08. The van der Waals surface area contributed by atoms with Gasteiger partial charge in [0.05, 0.1) is 10.9 Å². The summed E-state index contributed by atoms with van der Waals surface area (Å²) >= 11 is 1.51. The van der Waals surface area contributed by atoms with Gasteiger partial charge in [-0.3, -0.25) is 18.9 Å². The van der Waals surface area contributed by atoms with Gasteiger partial charge in [-0.15, -0.1) is 11.3 Å². The number of carboxylic acids is 1. The molecule has 1 aromatic carbocycles. The number of benzene rings is 1. The Labute approximate surface area is 195 Å². The minimum absolute atomic E-state index is 0.232. The summed E-state index contributed by atoms with van der Waals surface area (Å²) in [6.07, 6.45) is -4.44. The number of halogens is 3. The van der Waals surface area contributed by atoms with Crippen LogP contribution in [-0.4, -0.2) is 31.4 Å². The lowest BCUT2D eigenvalue weighted by molar-refractivity contribution is -0.192. The van der Waals surface area contributed by atoms with Crippen LogP contribution >= 0.6 is 11.3 Å². The van der Waals surface area contributed by atoms with Crippen molar-refractivity contribution in [3.05, 3.63) is 73.9 Å². The summed E-state index contributed by atoms with van der Waals surface area (Å²) in [5.41, 5.74) is 1.43. The van der Waals surface area contributed by atoms with Gasteiger partial charge in [0, 0.05) is 36.0 Å². The predicted molar refractivity (Wildman–Crippen MR) is 124 cm³/mol. The molecular formula is C23H22F3N3O4S. The monoisotopic (exact) mass is 493 g/mol. The number of carbonyl (C=O) groups is 1. The maximum absolute atomic E-state index is 12.6. The Morgan fingerprint density at radius 1 is 1.15 bits per heavy atom. The summed E-state index contributed by atoms with van der Waals surface area (Å²) in [5, 5.41) is 8.84. The van der Waals surface area contributed by atoms with Gasteiger partial charge in [-0.25, -0.2) is 9.59 Å². The van der Waals surface area contributed by atoms with Crippen LogP contribution in [-0.2, 0) is 24.8 Å². The summed E-state index contributed by atoms with van der Waals surface area (Å²) in [6, 6.07) is 14.0. The first-order valence-electron chi connectivity index (χ1n) is 10.3. The molecule has 34 heavy (non-hydrogen) atoms. The van der Waals surface area contributed by atoms with Gasteiger partial charge in [-0.2, -0.15) is 13.2 Å². The molecule has 7 nitrogen and oxygen atoms in total. The Morgan fingerprint density at radius 3 is 2.41 bits per heavy atom. The van der Waals surface area contributed by atoms with E-state index < -0.39 is 12.1 Å². The Bertz CT molecular complexity index is 1470. The van der Waals surface area contributed by atoms with E-state index in [1.165, 1.54) is 15.9 Å². The zero-order chi connectivity index (χ0) is 25.2. The lowest BCUT2D eigenvalue weighted by Crippen LogP contribution is -2.38. The first-order chi connectivity index (χ1) is 15.9. The van der Waals surface area contributed by atoms with Gasteiger partial charge in [0.2, 0.25) is 0 Å². The summed E-state index contributed by atoms with van der Waals surface area (Å²) in [5.74, 6) is -2.44. The molecule has 3 aromatic heterocycles. The molecule has 0 saturated heterocycles. The molecule has 11 heteroatoms. The highest BCUT2D eigenvalue weighted by Crippen LogP contribution is 2.25. The number of nitrogens with zero attached hydrogens (tertiary/aromatic N) is 3. The fraction of sp³-hybridized carbons (Fsp3) is 0.304. The van der Waals surface area contributed by atoms with Crippen LogP contribution in [0.3, 0.4) is 0 Å². The zero-order valence-electron chi connectivity index (χ0n) is 18.6. The maximum Gasteiger partial charge on any atom is 0.490 e. The molecule has 0 unspecified atom stereocenters. The zero-order valence-corrected chi connectivity index (χ0v) is 19.4. The molecular weight excluding hydrogens is 471 g/mol. The number of aromatic nitrogens is 3. The highest BCUT2D eigenvalue weighted by Gasteiger charge is 2.38. The van der Waals surface area contributed by atoms with Crippen molar-refractivity contribution < 1.29 is 23.1 Å². The van der Waals surface area contributed by atoms with Gasteiger partial charge >= 0.3 is 17.8 Å². The third-order valence-corrected chi connectivity index (χ3v) is 6.02. The van der Waals surface area contributed by atoms with Crippen molar-refractivity contribution in [2.45, 2.75) is 33.0 Å². The van der Waals surface area contributed by atoms with Crippen molar-refractivity contribution in [1.82, 2.24) is 14.1 Å². The average Bonchev–Trinajstić information content (AvgIpc) is 3.18. The lowest BCUT2D eigenvalue weighted by atomic mass is 10.1. The molecule has 180 valence electrons. The summed E-state index contributed by atoms with van der Waals surface area (Å²) in [4.78, 5) is 40.6. The molecule has 1 N–H and O–H groups in total. The first kappa shape index (κ1) is 25.2. The van der Waals surface area contributed by atoms with Crippen LogP contribution in [0.5, 0.6) is 0 Å². The quantitative estimate of drug-likeness (QED) is 0.460. The molecule has 0 fully saturated rings. The van der Waals surface area contributed by atoms with E-state index in [2.05, 4.69) is 19.9 Å². The van der Waals surface area contributed by atoms with E-state index in [1.54, 1.807) is 11.6 Å². The van der Waals surface area contributed by atoms with Crippen molar-refractivity contribution in [3.63, 3.8) is 0 Å². The van der Waals surface area contributed by atoms with Crippen molar-refractivity contribution >= 4 is 38.4 Å². The average molecular weight is 494 g/mol. The van der Waals surface area contributed by atoms with Crippen LogP contribution in [0.15, 0.2) is 52.1 Å². The number of alkyl halides is 3. The van der Waals surface area contributed by atoms with Gasteiger partial charge in [0.15, 0.2) is 0 Å². The van der Waals surface area contributed by atoms with Gasteiger partial charge in [0.1, 0.15) is 4.83 Å². The molecule has 4 aromatic rings. The molecule has 0 atom stereocenters. The fourth-order valence-electron chi connectivity index (χ4n) is 3.32. The minimum Gasteiger partial charge on any atom is -0.475 e. The molecule has 0 radical (unpaired) electrons. The van der Waals surface area contributed by atoms with E-state index in [-0.39, 0.29) is 11.2 Å². The molecule has 3 heterocycles. The third kappa shape index (κ3) is 5.53. The van der Waals surface area contributed by atoms with Crippen molar-refractivity contribution in [2.24, 2.45) is 13.0 Å². The number of fused-ring (bicyclic) bond motifs is 2. The lowest BCUT2D eigenvalue weighted by Gasteiger charge is -2.11. The van der Waals surface area contributed by atoms with Crippen molar-refractivity contribution in [1.29, 1.82) is 0 Å². The van der Waals surface area contributed by atoms with Gasteiger partial charge in [-0.1, -0.05) is 38.1 Å². The second-order valence-corrected chi connectivity index (χ2v) is 9.17. The third-order valence-electron chi connectivity index (χ3n) is 4.86. The number of hydrogen-bond donors (Lipinski definition) is 1. The fourth-order valence-corrected chi connectivity index (χ4v) is 4.48. The second-order valence-electron chi connectivity index (χ2n) is 8.06. The second kappa shape index (κ2) is 9.80. The van der Waals surface area contributed by atoms with Gasteiger partial charge < -0.3 is 5.11 Å². The molecule has 0 saturated carbocycles. The number of carboxylic acid groups (broad SMARTS) is 1. The van der Waals surface area contributed by atoms with Crippen LogP contribution in [0.25, 0.3) is 21.1 Å².